The predicted molar refractivity (Wildman–Crippen MR) is 63.9 cm³/mol. The molecule has 0 spiro atoms. The largest absolute Gasteiger partial charge is 0.294 e. The molecule has 3 nitrogen and oxygen atoms in total. The van der Waals surface area contributed by atoms with Gasteiger partial charge in [-0.05, 0) is 24.3 Å². The minimum Gasteiger partial charge on any atom is -0.294 e. The molecule has 1 heterocycles. The van der Waals surface area contributed by atoms with Crippen LogP contribution >= 0.6 is 0 Å². The Bertz CT molecular complexity index is 627. The van der Waals surface area contributed by atoms with E-state index in [4.69, 9.17) is 0 Å². The van der Waals surface area contributed by atoms with Crippen LogP contribution in [0.5, 0.6) is 0 Å². The van der Waals surface area contributed by atoms with Crippen molar-refractivity contribution in [2.45, 2.75) is 6.42 Å². The molecular formula is C14H9F2NO2. The van der Waals surface area contributed by atoms with E-state index in [1.807, 2.05) is 0 Å². The van der Waals surface area contributed by atoms with Crippen molar-refractivity contribution in [2.75, 3.05) is 0 Å². The molecule has 0 aliphatic heterocycles. The van der Waals surface area contributed by atoms with Crippen LogP contribution in [-0.2, 0) is 0 Å². The maximum atomic E-state index is 13.4. The fraction of sp³-hybridized carbons (Fsp3) is 0.0714. The second kappa shape index (κ2) is 5.48. The molecule has 0 amide bonds. The minimum absolute atomic E-state index is 0.306. The molecule has 1 aromatic carbocycles. The topological polar surface area (TPSA) is 47.0 Å². The van der Waals surface area contributed by atoms with Crippen LogP contribution in [0, 0.1) is 11.6 Å². The lowest BCUT2D eigenvalue weighted by Crippen LogP contribution is -2.11. The van der Waals surface area contributed by atoms with E-state index in [0.29, 0.717) is 5.56 Å². The summed E-state index contributed by atoms with van der Waals surface area (Å²) in [5, 5.41) is 0. The molecular weight excluding hydrogens is 252 g/mol. The van der Waals surface area contributed by atoms with Crippen LogP contribution < -0.4 is 0 Å². The first-order valence-corrected chi connectivity index (χ1v) is 5.50. The van der Waals surface area contributed by atoms with Gasteiger partial charge in [-0.15, -0.1) is 0 Å². The van der Waals surface area contributed by atoms with Crippen LogP contribution in [0.15, 0.2) is 42.7 Å². The number of rotatable bonds is 4. The molecule has 0 radical (unpaired) electrons. The lowest BCUT2D eigenvalue weighted by atomic mass is 10.0. The molecule has 1 aromatic heterocycles. The first kappa shape index (κ1) is 13.0. The van der Waals surface area contributed by atoms with E-state index >= 15 is 0 Å². The number of carbonyl (C=O) groups is 2. The molecule has 0 bridgehead atoms. The van der Waals surface area contributed by atoms with Crippen molar-refractivity contribution in [3.8, 4) is 0 Å². The number of Topliss-reactive ketones (excluding diaryl/α,β-unsaturated/α-hetero) is 2. The van der Waals surface area contributed by atoms with Crippen LogP contribution in [0.2, 0.25) is 0 Å². The molecule has 96 valence electrons. The summed E-state index contributed by atoms with van der Waals surface area (Å²) in [6.07, 6.45) is 2.32. The van der Waals surface area contributed by atoms with Gasteiger partial charge in [-0.2, -0.15) is 0 Å². The van der Waals surface area contributed by atoms with E-state index in [9.17, 15) is 18.4 Å². The molecule has 5 heteroatoms. The highest BCUT2D eigenvalue weighted by atomic mass is 19.2. The first-order valence-electron chi connectivity index (χ1n) is 5.50. The highest BCUT2D eigenvalue weighted by Crippen LogP contribution is 2.14. The summed E-state index contributed by atoms with van der Waals surface area (Å²) in [6.45, 7) is 0. The van der Waals surface area contributed by atoms with E-state index in [2.05, 4.69) is 4.98 Å². The number of aromatic nitrogens is 1. The van der Waals surface area contributed by atoms with Gasteiger partial charge >= 0.3 is 0 Å². The molecule has 0 saturated carbocycles. The number of halogens is 2. The van der Waals surface area contributed by atoms with Crippen molar-refractivity contribution in [2.24, 2.45) is 0 Å². The summed E-state index contributed by atoms with van der Waals surface area (Å²) < 4.78 is 26.4. The van der Waals surface area contributed by atoms with Gasteiger partial charge in [-0.3, -0.25) is 14.6 Å². The van der Waals surface area contributed by atoms with E-state index in [1.54, 1.807) is 0 Å². The van der Waals surface area contributed by atoms with Crippen molar-refractivity contribution in [3.05, 3.63) is 65.5 Å². The van der Waals surface area contributed by atoms with Gasteiger partial charge in [0.15, 0.2) is 23.2 Å². The maximum Gasteiger partial charge on any atom is 0.173 e. The van der Waals surface area contributed by atoms with Crippen LogP contribution in [-0.4, -0.2) is 16.6 Å². The lowest BCUT2D eigenvalue weighted by Gasteiger charge is -2.03. The minimum atomic E-state index is -1.23. The summed E-state index contributed by atoms with van der Waals surface area (Å²) in [5.74, 6) is -3.55. The second-order valence-corrected chi connectivity index (χ2v) is 3.86. The Kier molecular flexibility index (Phi) is 3.75. The van der Waals surface area contributed by atoms with Crippen LogP contribution in [0.3, 0.4) is 0 Å². The number of ketones is 2. The monoisotopic (exact) mass is 261 g/mol. The van der Waals surface area contributed by atoms with Crippen LogP contribution in [0.1, 0.15) is 27.1 Å². The van der Waals surface area contributed by atoms with Gasteiger partial charge in [-0.1, -0.05) is 6.07 Å². The molecule has 2 aromatic rings. The van der Waals surface area contributed by atoms with Gasteiger partial charge in [0, 0.05) is 18.0 Å². The molecule has 0 N–H and O–H groups in total. The van der Waals surface area contributed by atoms with Crippen molar-refractivity contribution in [1.82, 2.24) is 4.98 Å². The van der Waals surface area contributed by atoms with Gasteiger partial charge in [0.05, 0.1) is 12.0 Å². The Morgan fingerprint density at radius 1 is 1.00 bits per heavy atom. The average Bonchev–Trinajstić information content (AvgIpc) is 2.42. The summed E-state index contributed by atoms with van der Waals surface area (Å²) in [4.78, 5) is 27.3. The van der Waals surface area contributed by atoms with Gasteiger partial charge in [0.2, 0.25) is 0 Å². The second-order valence-electron chi connectivity index (χ2n) is 3.86. The Labute approximate surface area is 107 Å². The smallest absolute Gasteiger partial charge is 0.173 e. The fourth-order valence-corrected chi connectivity index (χ4v) is 1.60. The third kappa shape index (κ3) is 2.88. The van der Waals surface area contributed by atoms with Crippen molar-refractivity contribution < 1.29 is 18.4 Å². The van der Waals surface area contributed by atoms with Gasteiger partial charge in [-0.25, -0.2) is 8.78 Å². The molecule has 0 aliphatic rings. The quantitative estimate of drug-likeness (QED) is 0.628. The number of carbonyl (C=O) groups excluding carboxylic acids is 2. The zero-order valence-corrected chi connectivity index (χ0v) is 9.77. The Morgan fingerprint density at radius 3 is 2.37 bits per heavy atom. The van der Waals surface area contributed by atoms with E-state index in [1.165, 1.54) is 30.6 Å². The molecule has 2 rings (SSSR count). The van der Waals surface area contributed by atoms with Crippen molar-refractivity contribution >= 4 is 11.6 Å². The van der Waals surface area contributed by atoms with Crippen LogP contribution in [0.25, 0.3) is 0 Å². The zero-order valence-electron chi connectivity index (χ0n) is 9.77. The lowest BCUT2D eigenvalue weighted by molar-refractivity contribution is 0.0891. The summed E-state index contributed by atoms with van der Waals surface area (Å²) >= 11 is 0. The van der Waals surface area contributed by atoms with Crippen LogP contribution in [0.4, 0.5) is 8.78 Å². The predicted octanol–water partition coefficient (Wildman–Crippen LogP) is 2.82. The molecule has 0 saturated heterocycles. The summed E-state index contributed by atoms with van der Waals surface area (Å²) in [5.41, 5.74) is -0.109. The van der Waals surface area contributed by atoms with Gasteiger partial charge < -0.3 is 0 Å². The Balaban J connectivity index is 2.18. The standard InChI is InChI=1S/C14H9F2NO2/c15-11-3-1-2-10(14(11)16)13(19)8-12(18)9-4-6-17-7-5-9/h1-7H,8H2. The summed E-state index contributed by atoms with van der Waals surface area (Å²) in [6, 6.07) is 6.20. The van der Waals surface area contributed by atoms with Crippen molar-refractivity contribution in [3.63, 3.8) is 0 Å². The Morgan fingerprint density at radius 2 is 1.68 bits per heavy atom. The number of hydrogen-bond donors (Lipinski definition) is 0. The van der Waals surface area contributed by atoms with Crippen molar-refractivity contribution in [1.29, 1.82) is 0 Å². The van der Waals surface area contributed by atoms with E-state index in [-0.39, 0.29) is 0 Å². The molecule has 0 atom stereocenters. The zero-order chi connectivity index (χ0) is 13.8. The summed E-state index contributed by atoms with van der Waals surface area (Å²) in [7, 11) is 0. The average molecular weight is 261 g/mol. The van der Waals surface area contributed by atoms with Gasteiger partial charge in [0.1, 0.15) is 0 Å². The number of pyridine rings is 1. The SMILES string of the molecule is O=C(CC(=O)c1cccc(F)c1F)c1ccncc1. The normalized spacial score (nSPS) is 10.2. The third-order valence-electron chi connectivity index (χ3n) is 2.58. The third-order valence-corrected chi connectivity index (χ3v) is 2.58. The van der Waals surface area contributed by atoms with E-state index < -0.39 is 35.2 Å². The highest BCUT2D eigenvalue weighted by molar-refractivity contribution is 6.13. The maximum absolute atomic E-state index is 13.4. The number of benzene rings is 1. The van der Waals surface area contributed by atoms with E-state index in [0.717, 1.165) is 12.1 Å². The molecule has 19 heavy (non-hydrogen) atoms. The number of hydrogen-bond acceptors (Lipinski definition) is 3. The molecule has 0 fully saturated rings. The molecule has 0 unspecified atom stereocenters. The first-order chi connectivity index (χ1) is 9.09. The fourth-order valence-electron chi connectivity index (χ4n) is 1.60. The Hall–Kier alpha value is -2.43. The number of nitrogens with zero attached hydrogens (tertiary/aromatic N) is 1. The molecule has 0 aliphatic carbocycles. The highest BCUT2D eigenvalue weighted by Gasteiger charge is 2.18. The van der Waals surface area contributed by atoms with Gasteiger partial charge in [0.25, 0.3) is 0 Å².